The standard InChI is InChI=1S/C6H12N2/c1-4-5-7-6-8(2)3/h4,6H,1,5H2,2-3H3/b7-6-. The predicted octanol–water partition coefficient (Wildman–Crippen LogP) is 0.762. The zero-order chi connectivity index (χ0) is 6.41. The van der Waals surface area contributed by atoms with Crippen molar-refractivity contribution in [3.05, 3.63) is 12.7 Å². The lowest BCUT2D eigenvalue weighted by atomic mass is 10.6. The van der Waals surface area contributed by atoms with Gasteiger partial charge in [-0.2, -0.15) is 0 Å². The van der Waals surface area contributed by atoms with Gasteiger partial charge >= 0.3 is 0 Å². The fourth-order valence-electron chi connectivity index (χ4n) is 0.285. The Hall–Kier alpha value is -0.790. The lowest BCUT2D eigenvalue weighted by Gasteiger charge is -1.99. The van der Waals surface area contributed by atoms with E-state index < -0.39 is 0 Å². The number of rotatable bonds is 3. The summed E-state index contributed by atoms with van der Waals surface area (Å²) < 4.78 is 0. The van der Waals surface area contributed by atoms with Crippen LogP contribution >= 0.6 is 0 Å². The van der Waals surface area contributed by atoms with Gasteiger partial charge in [0.2, 0.25) is 0 Å². The van der Waals surface area contributed by atoms with Crippen LogP contribution in [0.1, 0.15) is 0 Å². The molecule has 0 saturated heterocycles. The molecular formula is C6H12N2. The second-order valence-electron chi connectivity index (χ2n) is 1.73. The number of hydrogen-bond donors (Lipinski definition) is 0. The van der Waals surface area contributed by atoms with Crippen LogP contribution in [-0.2, 0) is 0 Å². The van der Waals surface area contributed by atoms with Crippen LogP contribution in [-0.4, -0.2) is 31.9 Å². The first kappa shape index (κ1) is 7.21. The Morgan fingerprint density at radius 3 is 2.62 bits per heavy atom. The molecule has 0 radical (unpaired) electrons. The first-order valence-electron chi connectivity index (χ1n) is 2.54. The molecule has 2 nitrogen and oxygen atoms in total. The molecule has 0 atom stereocenters. The molecule has 0 spiro atoms. The number of hydrogen-bond acceptors (Lipinski definition) is 1. The van der Waals surface area contributed by atoms with Crippen molar-refractivity contribution in [2.75, 3.05) is 20.6 Å². The summed E-state index contributed by atoms with van der Waals surface area (Å²) in [6.07, 6.45) is 3.53. The SMILES string of the molecule is C=CC/N=C\N(C)C. The second kappa shape index (κ2) is 4.37. The van der Waals surface area contributed by atoms with Gasteiger partial charge < -0.3 is 4.90 Å². The summed E-state index contributed by atoms with van der Waals surface area (Å²) in [6.45, 7) is 4.23. The summed E-state index contributed by atoms with van der Waals surface area (Å²) >= 11 is 0. The molecule has 0 aromatic rings. The van der Waals surface area contributed by atoms with Crippen molar-refractivity contribution in [2.45, 2.75) is 0 Å². The van der Waals surface area contributed by atoms with E-state index in [0.717, 1.165) is 0 Å². The summed E-state index contributed by atoms with van der Waals surface area (Å²) in [6, 6.07) is 0. The molecule has 0 saturated carbocycles. The summed E-state index contributed by atoms with van der Waals surface area (Å²) in [5, 5.41) is 0. The Morgan fingerprint density at radius 1 is 1.62 bits per heavy atom. The van der Waals surface area contributed by atoms with Crippen molar-refractivity contribution in [1.29, 1.82) is 0 Å². The Balaban J connectivity index is 3.19. The zero-order valence-corrected chi connectivity index (χ0v) is 5.46. The van der Waals surface area contributed by atoms with Crippen LogP contribution < -0.4 is 0 Å². The number of aliphatic imine (C=N–C) groups is 1. The third-order valence-corrected chi connectivity index (χ3v) is 0.547. The largest absolute Gasteiger partial charge is 0.369 e. The summed E-state index contributed by atoms with van der Waals surface area (Å²) in [5.74, 6) is 0. The minimum atomic E-state index is 0.707. The third-order valence-electron chi connectivity index (χ3n) is 0.547. The van der Waals surface area contributed by atoms with Gasteiger partial charge in [0.25, 0.3) is 0 Å². The maximum Gasteiger partial charge on any atom is 0.0848 e. The van der Waals surface area contributed by atoms with Crippen molar-refractivity contribution >= 4 is 6.34 Å². The molecule has 0 aliphatic rings. The molecule has 0 aliphatic carbocycles. The molecule has 0 fully saturated rings. The predicted molar refractivity (Wildman–Crippen MR) is 37.2 cm³/mol. The molecule has 0 unspecified atom stereocenters. The van der Waals surface area contributed by atoms with Gasteiger partial charge in [0.15, 0.2) is 0 Å². The molecule has 0 amide bonds. The van der Waals surface area contributed by atoms with Gasteiger partial charge in [-0.25, -0.2) is 0 Å². The fourth-order valence-corrected chi connectivity index (χ4v) is 0.285. The maximum absolute atomic E-state index is 3.97. The van der Waals surface area contributed by atoms with E-state index in [1.807, 2.05) is 19.0 Å². The highest BCUT2D eigenvalue weighted by Gasteiger charge is 1.71. The second-order valence-corrected chi connectivity index (χ2v) is 1.73. The van der Waals surface area contributed by atoms with Crippen LogP contribution in [0.15, 0.2) is 17.6 Å². The van der Waals surface area contributed by atoms with Crippen LogP contribution in [0.25, 0.3) is 0 Å². The molecule has 8 heavy (non-hydrogen) atoms. The minimum Gasteiger partial charge on any atom is -0.369 e. The van der Waals surface area contributed by atoms with Crippen LogP contribution in [0.2, 0.25) is 0 Å². The van der Waals surface area contributed by atoms with Crippen LogP contribution in [0.5, 0.6) is 0 Å². The lowest BCUT2D eigenvalue weighted by Crippen LogP contribution is -2.07. The van der Waals surface area contributed by atoms with Gasteiger partial charge in [0.05, 0.1) is 12.9 Å². The molecule has 0 aromatic carbocycles. The maximum atomic E-state index is 3.97. The van der Waals surface area contributed by atoms with Gasteiger partial charge in [-0.05, 0) is 0 Å². The van der Waals surface area contributed by atoms with E-state index in [9.17, 15) is 0 Å². The zero-order valence-electron chi connectivity index (χ0n) is 5.46. The summed E-state index contributed by atoms with van der Waals surface area (Å²) in [7, 11) is 3.87. The molecular weight excluding hydrogens is 100 g/mol. The van der Waals surface area contributed by atoms with Crippen molar-refractivity contribution in [3.8, 4) is 0 Å². The Labute approximate surface area is 50.5 Å². The molecule has 0 rings (SSSR count). The van der Waals surface area contributed by atoms with Crippen LogP contribution in [0, 0.1) is 0 Å². The molecule has 0 bridgehead atoms. The molecule has 2 heteroatoms. The molecule has 0 heterocycles. The van der Waals surface area contributed by atoms with Crippen molar-refractivity contribution < 1.29 is 0 Å². The van der Waals surface area contributed by atoms with E-state index >= 15 is 0 Å². The number of nitrogens with zero attached hydrogens (tertiary/aromatic N) is 2. The average molecular weight is 112 g/mol. The van der Waals surface area contributed by atoms with Gasteiger partial charge in [-0.15, -0.1) is 6.58 Å². The highest BCUT2D eigenvalue weighted by Crippen LogP contribution is 1.69. The first-order chi connectivity index (χ1) is 3.77. The van der Waals surface area contributed by atoms with E-state index in [-0.39, 0.29) is 0 Å². The van der Waals surface area contributed by atoms with E-state index in [4.69, 9.17) is 0 Å². The summed E-state index contributed by atoms with van der Waals surface area (Å²) in [4.78, 5) is 5.86. The quantitative estimate of drug-likeness (QED) is 0.299. The van der Waals surface area contributed by atoms with E-state index in [2.05, 4.69) is 11.6 Å². The van der Waals surface area contributed by atoms with Crippen LogP contribution in [0.3, 0.4) is 0 Å². The molecule has 46 valence electrons. The van der Waals surface area contributed by atoms with Crippen molar-refractivity contribution in [1.82, 2.24) is 4.90 Å². The lowest BCUT2D eigenvalue weighted by molar-refractivity contribution is 0.640. The van der Waals surface area contributed by atoms with E-state index in [0.29, 0.717) is 6.54 Å². The third kappa shape index (κ3) is 5.21. The van der Waals surface area contributed by atoms with Crippen LogP contribution in [0.4, 0.5) is 0 Å². The van der Waals surface area contributed by atoms with Crippen molar-refractivity contribution in [2.24, 2.45) is 4.99 Å². The van der Waals surface area contributed by atoms with Gasteiger partial charge in [0.1, 0.15) is 0 Å². The Morgan fingerprint density at radius 2 is 2.25 bits per heavy atom. The monoisotopic (exact) mass is 112 g/mol. The highest BCUT2D eigenvalue weighted by atomic mass is 15.1. The molecule has 0 aliphatic heterocycles. The topological polar surface area (TPSA) is 15.6 Å². The Bertz CT molecular complexity index is 84.5. The normalized spacial score (nSPS) is 9.75. The highest BCUT2D eigenvalue weighted by molar-refractivity contribution is 5.53. The van der Waals surface area contributed by atoms with E-state index in [1.54, 1.807) is 12.4 Å². The summed E-state index contributed by atoms with van der Waals surface area (Å²) in [5.41, 5.74) is 0. The molecule has 0 N–H and O–H groups in total. The molecule has 0 aromatic heterocycles. The van der Waals surface area contributed by atoms with Gasteiger partial charge in [-0.1, -0.05) is 6.08 Å². The van der Waals surface area contributed by atoms with Gasteiger partial charge in [0, 0.05) is 14.1 Å². The van der Waals surface area contributed by atoms with Crippen molar-refractivity contribution in [3.63, 3.8) is 0 Å². The average Bonchev–Trinajstić information content (AvgIpc) is 1.66. The first-order valence-corrected chi connectivity index (χ1v) is 2.54. The van der Waals surface area contributed by atoms with Gasteiger partial charge in [-0.3, -0.25) is 4.99 Å². The Kier molecular flexibility index (Phi) is 3.94. The fraction of sp³-hybridized carbons (Fsp3) is 0.500. The van der Waals surface area contributed by atoms with E-state index in [1.165, 1.54) is 0 Å². The minimum absolute atomic E-state index is 0.707. The smallest absolute Gasteiger partial charge is 0.0848 e.